The first-order valence-electron chi connectivity index (χ1n) is 8.39. The third-order valence-electron chi connectivity index (χ3n) is 3.91. The molecule has 2 aromatic carbocycles. The minimum Gasteiger partial charge on any atom is -0.335 e. The van der Waals surface area contributed by atoms with E-state index in [1.807, 2.05) is 31.2 Å². The van der Waals surface area contributed by atoms with Gasteiger partial charge in [0.2, 0.25) is 11.1 Å². The largest absolute Gasteiger partial charge is 0.335 e. The molecule has 0 aliphatic carbocycles. The number of carbonyl (C=O) groups is 1. The zero-order valence-corrected chi connectivity index (χ0v) is 15.8. The molecule has 0 spiro atoms. The number of nitro groups is 1. The van der Waals surface area contributed by atoms with Gasteiger partial charge in [-0.05, 0) is 13.0 Å². The van der Waals surface area contributed by atoms with Crippen LogP contribution in [0, 0.1) is 17.0 Å². The van der Waals surface area contributed by atoms with Gasteiger partial charge in [0.1, 0.15) is 5.69 Å². The van der Waals surface area contributed by atoms with Crippen LogP contribution < -0.4 is 11.2 Å². The molecule has 1 heterocycles. The molecule has 0 radical (unpaired) electrons. The van der Waals surface area contributed by atoms with Crippen LogP contribution in [0.3, 0.4) is 0 Å². The summed E-state index contributed by atoms with van der Waals surface area (Å²) in [6.07, 6.45) is 0.142. The number of nitrogens with zero attached hydrogens (tertiary/aromatic N) is 4. The van der Waals surface area contributed by atoms with Crippen molar-refractivity contribution in [3.8, 4) is 11.4 Å². The number of carbonyl (C=O) groups excluding carboxylic acids is 1. The lowest BCUT2D eigenvalue weighted by Gasteiger charge is -2.06. The van der Waals surface area contributed by atoms with E-state index < -0.39 is 4.92 Å². The van der Waals surface area contributed by atoms with Gasteiger partial charge in [-0.25, -0.2) is 4.68 Å². The van der Waals surface area contributed by atoms with E-state index in [0.717, 1.165) is 11.1 Å². The SMILES string of the molecule is Cc1ccc(-c2nnc(SCCC(=O)Nc3ccccc3[N+](=O)[O-])n2N)cc1. The summed E-state index contributed by atoms with van der Waals surface area (Å²) in [4.78, 5) is 22.6. The van der Waals surface area contributed by atoms with Crippen molar-refractivity contribution in [2.45, 2.75) is 18.5 Å². The van der Waals surface area contributed by atoms with Gasteiger partial charge in [0.25, 0.3) is 5.69 Å². The van der Waals surface area contributed by atoms with Gasteiger partial charge in [-0.2, -0.15) is 0 Å². The summed E-state index contributed by atoms with van der Waals surface area (Å²) in [6.45, 7) is 1.99. The number of nitrogen functional groups attached to an aromatic ring is 1. The van der Waals surface area contributed by atoms with E-state index >= 15 is 0 Å². The lowest BCUT2D eigenvalue weighted by atomic mass is 10.1. The maximum absolute atomic E-state index is 12.1. The molecule has 1 aromatic heterocycles. The number of nitrogens with one attached hydrogen (secondary N) is 1. The molecule has 0 aliphatic rings. The van der Waals surface area contributed by atoms with E-state index in [4.69, 9.17) is 5.84 Å². The number of nitro benzene ring substituents is 1. The van der Waals surface area contributed by atoms with Crippen molar-refractivity contribution in [3.05, 3.63) is 64.2 Å². The second kappa shape index (κ2) is 8.53. The van der Waals surface area contributed by atoms with E-state index in [9.17, 15) is 14.9 Å². The number of para-hydroxylation sites is 2. The Morgan fingerprint density at radius 3 is 2.64 bits per heavy atom. The quantitative estimate of drug-likeness (QED) is 0.271. The van der Waals surface area contributed by atoms with Crippen LogP contribution in [0.4, 0.5) is 11.4 Å². The molecule has 144 valence electrons. The maximum Gasteiger partial charge on any atom is 0.292 e. The van der Waals surface area contributed by atoms with Crippen molar-refractivity contribution < 1.29 is 9.72 Å². The van der Waals surface area contributed by atoms with Gasteiger partial charge in [0, 0.05) is 23.8 Å². The molecule has 0 bridgehead atoms. The van der Waals surface area contributed by atoms with E-state index in [1.54, 1.807) is 12.1 Å². The van der Waals surface area contributed by atoms with Crippen molar-refractivity contribution in [2.75, 3.05) is 16.9 Å². The number of nitrogens with two attached hydrogens (primary N) is 1. The summed E-state index contributed by atoms with van der Waals surface area (Å²) in [5.41, 5.74) is 2.01. The van der Waals surface area contributed by atoms with Gasteiger partial charge in [0.05, 0.1) is 4.92 Å². The summed E-state index contributed by atoms with van der Waals surface area (Å²) >= 11 is 1.28. The number of hydrogen-bond donors (Lipinski definition) is 2. The highest BCUT2D eigenvalue weighted by Crippen LogP contribution is 2.25. The Kier molecular flexibility index (Phi) is 5.90. The third kappa shape index (κ3) is 4.46. The molecule has 10 heteroatoms. The number of aromatic nitrogens is 3. The van der Waals surface area contributed by atoms with Crippen LogP contribution >= 0.6 is 11.8 Å². The fourth-order valence-corrected chi connectivity index (χ4v) is 3.26. The maximum atomic E-state index is 12.1. The standard InChI is InChI=1S/C18H18N6O3S/c1-12-6-8-13(9-7-12)17-21-22-18(23(17)19)28-11-10-16(25)20-14-4-2-3-5-15(14)24(26)27/h2-9H,10-11,19H2,1H3,(H,20,25). The number of thioether (sulfide) groups is 1. The Bertz CT molecular complexity index is 1000. The van der Waals surface area contributed by atoms with Crippen molar-refractivity contribution in [2.24, 2.45) is 0 Å². The zero-order valence-electron chi connectivity index (χ0n) is 15.0. The van der Waals surface area contributed by atoms with Gasteiger partial charge in [-0.15, -0.1) is 10.2 Å². The average molecular weight is 398 g/mol. The average Bonchev–Trinajstić information content (AvgIpc) is 3.03. The van der Waals surface area contributed by atoms with E-state index in [1.165, 1.54) is 28.6 Å². The molecule has 0 fully saturated rings. The summed E-state index contributed by atoms with van der Waals surface area (Å²) in [7, 11) is 0. The highest BCUT2D eigenvalue weighted by Gasteiger charge is 2.16. The topological polar surface area (TPSA) is 129 Å². The van der Waals surface area contributed by atoms with Crippen LogP contribution in [0.5, 0.6) is 0 Å². The minimum atomic E-state index is -0.534. The Morgan fingerprint density at radius 2 is 1.93 bits per heavy atom. The second-order valence-electron chi connectivity index (χ2n) is 5.96. The molecule has 3 N–H and O–H groups in total. The normalized spacial score (nSPS) is 10.6. The van der Waals surface area contributed by atoms with Crippen LogP contribution in [0.2, 0.25) is 0 Å². The highest BCUT2D eigenvalue weighted by atomic mass is 32.2. The molecule has 3 aromatic rings. The van der Waals surface area contributed by atoms with Crippen LogP contribution in [-0.2, 0) is 4.79 Å². The van der Waals surface area contributed by atoms with Crippen LogP contribution in [0.25, 0.3) is 11.4 Å². The Balaban J connectivity index is 1.58. The van der Waals surface area contributed by atoms with Crippen molar-refractivity contribution >= 4 is 29.0 Å². The molecule has 0 aliphatic heterocycles. The Labute approximate surface area is 165 Å². The summed E-state index contributed by atoms with van der Waals surface area (Å²) in [5, 5.41) is 22.2. The van der Waals surface area contributed by atoms with Crippen molar-refractivity contribution in [1.29, 1.82) is 0 Å². The Hall–Kier alpha value is -3.40. The van der Waals surface area contributed by atoms with E-state index in [-0.39, 0.29) is 23.7 Å². The van der Waals surface area contributed by atoms with Gasteiger partial charge >= 0.3 is 0 Å². The van der Waals surface area contributed by atoms with Crippen LogP contribution in [0.1, 0.15) is 12.0 Å². The number of anilines is 1. The second-order valence-corrected chi connectivity index (χ2v) is 7.03. The molecular formula is C18H18N6O3S. The number of hydrogen-bond acceptors (Lipinski definition) is 7. The molecule has 0 saturated heterocycles. The molecule has 0 atom stereocenters. The molecule has 1 amide bonds. The predicted octanol–water partition coefficient (Wildman–Crippen LogP) is 3.00. The van der Waals surface area contributed by atoms with Gasteiger partial charge in [-0.3, -0.25) is 14.9 Å². The van der Waals surface area contributed by atoms with E-state index in [2.05, 4.69) is 15.5 Å². The molecular weight excluding hydrogens is 380 g/mol. The lowest BCUT2D eigenvalue weighted by Crippen LogP contribution is -2.14. The minimum absolute atomic E-state index is 0.142. The van der Waals surface area contributed by atoms with E-state index in [0.29, 0.717) is 16.7 Å². The summed E-state index contributed by atoms with van der Waals surface area (Å²) in [6, 6.07) is 13.8. The van der Waals surface area contributed by atoms with Crippen LogP contribution in [-0.4, -0.2) is 31.5 Å². The Morgan fingerprint density at radius 1 is 1.21 bits per heavy atom. The smallest absolute Gasteiger partial charge is 0.292 e. The fourth-order valence-electron chi connectivity index (χ4n) is 2.46. The number of aryl methyl sites for hydroxylation is 1. The van der Waals surface area contributed by atoms with Gasteiger partial charge < -0.3 is 11.2 Å². The van der Waals surface area contributed by atoms with Crippen LogP contribution in [0.15, 0.2) is 53.7 Å². The van der Waals surface area contributed by atoms with Crippen molar-refractivity contribution in [1.82, 2.24) is 14.9 Å². The first-order valence-corrected chi connectivity index (χ1v) is 9.38. The van der Waals surface area contributed by atoms with Gasteiger partial charge in [-0.1, -0.05) is 53.7 Å². The molecule has 9 nitrogen and oxygen atoms in total. The summed E-state index contributed by atoms with van der Waals surface area (Å²) < 4.78 is 1.38. The zero-order chi connectivity index (χ0) is 20.1. The highest BCUT2D eigenvalue weighted by molar-refractivity contribution is 7.99. The monoisotopic (exact) mass is 398 g/mol. The molecule has 3 rings (SSSR count). The molecule has 0 unspecified atom stereocenters. The first kappa shape index (κ1) is 19.4. The fraction of sp³-hybridized carbons (Fsp3) is 0.167. The number of benzene rings is 2. The number of amides is 1. The van der Waals surface area contributed by atoms with Crippen molar-refractivity contribution in [3.63, 3.8) is 0 Å². The first-order chi connectivity index (χ1) is 13.5. The molecule has 0 saturated carbocycles. The molecule has 28 heavy (non-hydrogen) atoms. The predicted molar refractivity (Wildman–Crippen MR) is 107 cm³/mol. The third-order valence-corrected chi connectivity index (χ3v) is 4.85. The lowest BCUT2D eigenvalue weighted by molar-refractivity contribution is -0.383. The summed E-state index contributed by atoms with van der Waals surface area (Å²) in [5.74, 6) is 6.67. The number of rotatable bonds is 7. The van der Waals surface area contributed by atoms with Gasteiger partial charge in [0.15, 0.2) is 5.82 Å².